The topological polar surface area (TPSA) is 90.7 Å². The zero-order valence-electron chi connectivity index (χ0n) is 8.84. The molecule has 0 amide bonds. The first-order valence-corrected chi connectivity index (χ1v) is 5.17. The highest BCUT2D eigenvalue weighted by Crippen LogP contribution is 2.14. The highest BCUT2D eigenvalue weighted by molar-refractivity contribution is 6.30. The molecule has 6 nitrogen and oxygen atoms in total. The zero-order chi connectivity index (χ0) is 12.8. The zero-order valence-corrected chi connectivity index (χ0v) is 9.59. The highest BCUT2D eigenvalue weighted by atomic mass is 35.5. The van der Waals surface area contributed by atoms with Crippen LogP contribution in [0.2, 0.25) is 5.02 Å². The van der Waals surface area contributed by atoms with E-state index in [4.69, 9.17) is 21.8 Å². The highest BCUT2D eigenvalue weighted by Gasteiger charge is 2.13. The lowest BCUT2D eigenvalue weighted by Gasteiger charge is -2.20. The van der Waals surface area contributed by atoms with Crippen LogP contribution in [0.5, 0.6) is 0 Å². The molecule has 0 radical (unpaired) electrons. The van der Waals surface area contributed by atoms with Crippen LogP contribution in [0.1, 0.15) is 6.42 Å². The molecule has 17 heavy (non-hydrogen) atoms. The molecule has 1 aromatic heterocycles. The van der Waals surface area contributed by atoms with Crippen molar-refractivity contribution in [2.45, 2.75) is 6.42 Å². The van der Waals surface area contributed by atoms with Crippen LogP contribution in [0.25, 0.3) is 0 Å². The van der Waals surface area contributed by atoms with Gasteiger partial charge in [0.15, 0.2) is 0 Å². The van der Waals surface area contributed by atoms with Crippen LogP contribution in [-0.2, 0) is 9.59 Å². The number of carbonyl (C=O) groups is 2. The van der Waals surface area contributed by atoms with Gasteiger partial charge in [0.25, 0.3) is 0 Å². The van der Waals surface area contributed by atoms with E-state index in [2.05, 4.69) is 4.98 Å². The van der Waals surface area contributed by atoms with Crippen molar-refractivity contribution < 1.29 is 19.8 Å². The van der Waals surface area contributed by atoms with E-state index < -0.39 is 11.9 Å². The van der Waals surface area contributed by atoms with Crippen LogP contribution in [0, 0.1) is 0 Å². The standard InChI is InChI=1S/C10H11ClN2O4/c11-7-1-2-8(12-5-7)13(6-10(16)17)4-3-9(14)15/h1-2,5H,3-4,6H2,(H,14,15)(H,16,17). The maximum Gasteiger partial charge on any atom is 0.323 e. The van der Waals surface area contributed by atoms with Gasteiger partial charge in [0.1, 0.15) is 12.4 Å². The molecule has 7 heteroatoms. The number of hydrogen-bond acceptors (Lipinski definition) is 4. The molecular weight excluding hydrogens is 248 g/mol. The Morgan fingerprint density at radius 3 is 2.47 bits per heavy atom. The van der Waals surface area contributed by atoms with Crippen molar-refractivity contribution in [3.63, 3.8) is 0 Å². The Bertz CT molecular complexity index is 407. The van der Waals surface area contributed by atoms with Gasteiger partial charge in [-0.3, -0.25) is 9.59 Å². The second-order valence-corrected chi connectivity index (χ2v) is 3.73. The van der Waals surface area contributed by atoms with Crippen molar-refractivity contribution in [3.8, 4) is 0 Å². The normalized spacial score (nSPS) is 9.94. The summed E-state index contributed by atoms with van der Waals surface area (Å²) in [6.45, 7) is -0.224. The van der Waals surface area contributed by atoms with Gasteiger partial charge in [-0.25, -0.2) is 4.98 Å². The van der Waals surface area contributed by atoms with E-state index in [0.717, 1.165) is 0 Å². The minimum atomic E-state index is -1.05. The Morgan fingerprint density at radius 2 is 2.00 bits per heavy atom. The summed E-state index contributed by atoms with van der Waals surface area (Å²) in [5.41, 5.74) is 0. The monoisotopic (exact) mass is 258 g/mol. The summed E-state index contributed by atoms with van der Waals surface area (Å²) in [6, 6.07) is 3.12. The summed E-state index contributed by atoms with van der Waals surface area (Å²) in [5, 5.41) is 17.7. The fourth-order valence-corrected chi connectivity index (χ4v) is 1.34. The molecule has 92 valence electrons. The molecule has 0 aliphatic rings. The lowest BCUT2D eigenvalue weighted by Crippen LogP contribution is -2.32. The second kappa shape index (κ2) is 6.05. The van der Waals surface area contributed by atoms with Crippen molar-refractivity contribution in [2.75, 3.05) is 18.0 Å². The molecule has 2 N–H and O–H groups in total. The predicted octanol–water partition coefficient (Wildman–Crippen LogP) is 1.10. The van der Waals surface area contributed by atoms with Gasteiger partial charge in [0, 0.05) is 12.7 Å². The molecule has 0 atom stereocenters. The minimum absolute atomic E-state index is 0.0796. The molecule has 0 saturated carbocycles. The maximum atomic E-state index is 10.7. The second-order valence-electron chi connectivity index (χ2n) is 3.29. The molecule has 0 fully saturated rings. The van der Waals surface area contributed by atoms with E-state index in [1.807, 2.05) is 0 Å². The first-order valence-electron chi connectivity index (χ1n) is 4.79. The van der Waals surface area contributed by atoms with Crippen LogP contribution >= 0.6 is 11.6 Å². The van der Waals surface area contributed by atoms with E-state index in [1.54, 1.807) is 12.1 Å². The Balaban J connectivity index is 2.77. The largest absolute Gasteiger partial charge is 0.481 e. The molecule has 1 heterocycles. The van der Waals surface area contributed by atoms with Crippen molar-refractivity contribution >= 4 is 29.4 Å². The third-order valence-corrected chi connectivity index (χ3v) is 2.18. The molecule has 0 bridgehead atoms. The van der Waals surface area contributed by atoms with Crippen LogP contribution in [0.4, 0.5) is 5.82 Å². The number of carboxylic acid groups (broad SMARTS) is 2. The number of halogens is 1. The molecule has 0 aromatic carbocycles. The van der Waals surface area contributed by atoms with Crippen LogP contribution in [0.15, 0.2) is 18.3 Å². The Morgan fingerprint density at radius 1 is 1.29 bits per heavy atom. The van der Waals surface area contributed by atoms with Crippen molar-refractivity contribution in [2.24, 2.45) is 0 Å². The molecule has 1 rings (SSSR count). The lowest BCUT2D eigenvalue weighted by atomic mass is 10.3. The van der Waals surface area contributed by atoms with Gasteiger partial charge in [-0.2, -0.15) is 0 Å². The fraction of sp³-hybridized carbons (Fsp3) is 0.300. The number of aliphatic carboxylic acids is 2. The fourth-order valence-electron chi connectivity index (χ4n) is 1.22. The quantitative estimate of drug-likeness (QED) is 0.794. The third-order valence-electron chi connectivity index (χ3n) is 1.96. The van der Waals surface area contributed by atoms with Gasteiger partial charge in [0.2, 0.25) is 0 Å². The van der Waals surface area contributed by atoms with Crippen molar-refractivity contribution in [1.29, 1.82) is 0 Å². The van der Waals surface area contributed by atoms with Gasteiger partial charge < -0.3 is 15.1 Å². The summed E-state index contributed by atoms with van der Waals surface area (Å²) in [7, 11) is 0. The molecule has 0 spiro atoms. The molecule has 0 unspecified atom stereocenters. The Kier molecular flexibility index (Phi) is 4.71. The number of nitrogens with zero attached hydrogens (tertiary/aromatic N) is 2. The lowest BCUT2D eigenvalue weighted by molar-refractivity contribution is -0.138. The summed E-state index contributed by atoms with van der Waals surface area (Å²) in [6.07, 6.45) is 1.23. The van der Waals surface area contributed by atoms with Crippen LogP contribution < -0.4 is 4.90 Å². The predicted molar refractivity (Wildman–Crippen MR) is 61.3 cm³/mol. The Labute approximate surface area is 102 Å². The summed E-state index contributed by atoms with van der Waals surface area (Å²) in [4.78, 5) is 26.4. The van der Waals surface area contributed by atoms with Gasteiger partial charge in [-0.05, 0) is 12.1 Å². The summed E-state index contributed by atoms with van der Waals surface area (Å²) >= 11 is 5.66. The molecule has 0 aliphatic heterocycles. The molecule has 0 saturated heterocycles. The maximum absolute atomic E-state index is 10.7. The summed E-state index contributed by atoms with van der Waals surface area (Å²) < 4.78 is 0. The van der Waals surface area contributed by atoms with E-state index in [-0.39, 0.29) is 19.5 Å². The molecular formula is C10H11ClN2O4. The number of aromatic nitrogens is 1. The van der Waals surface area contributed by atoms with E-state index in [0.29, 0.717) is 10.8 Å². The van der Waals surface area contributed by atoms with E-state index in [1.165, 1.54) is 11.1 Å². The third kappa shape index (κ3) is 4.69. The van der Waals surface area contributed by atoms with Gasteiger partial charge >= 0.3 is 11.9 Å². The molecule has 1 aromatic rings. The number of rotatable bonds is 6. The average Bonchev–Trinajstić information content (AvgIpc) is 2.25. The van der Waals surface area contributed by atoms with E-state index in [9.17, 15) is 9.59 Å². The molecule has 0 aliphatic carbocycles. The Hall–Kier alpha value is -1.82. The van der Waals surface area contributed by atoms with Crippen molar-refractivity contribution in [1.82, 2.24) is 4.98 Å². The SMILES string of the molecule is O=C(O)CCN(CC(=O)O)c1ccc(Cl)cn1. The minimum Gasteiger partial charge on any atom is -0.481 e. The van der Waals surface area contributed by atoms with E-state index >= 15 is 0 Å². The van der Waals surface area contributed by atoms with Crippen molar-refractivity contribution in [3.05, 3.63) is 23.4 Å². The summed E-state index contributed by atoms with van der Waals surface area (Å²) in [5.74, 6) is -1.65. The first-order chi connectivity index (χ1) is 7.99. The van der Waals surface area contributed by atoms with Crippen LogP contribution in [0.3, 0.4) is 0 Å². The van der Waals surface area contributed by atoms with Gasteiger partial charge in [-0.1, -0.05) is 11.6 Å². The first kappa shape index (κ1) is 13.2. The van der Waals surface area contributed by atoms with Crippen LogP contribution in [-0.4, -0.2) is 40.2 Å². The number of carboxylic acids is 2. The number of anilines is 1. The smallest absolute Gasteiger partial charge is 0.323 e. The number of pyridine rings is 1. The average molecular weight is 259 g/mol. The van der Waals surface area contributed by atoms with Gasteiger partial charge in [-0.15, -0.1) is 0 Å². The van der Waals surface area contributed by atoms with Gasteiger partial charge in [0.05, 0.1) is 11.4 Å². The number of hydrogen-bond donors (Lipinski definition) is 2.